The smallest absolute Gasteiger partial charge is 0.193 e. The summed E-state index contributed by atoms with van der Waals surface area (Å²) < 4.78 is 7.28. The van der Waals surface area contributed by atoms with E-state index in [1.807, 2.05) is 42.6 Å². The highest BCUT2D eigenvalue weighted by Crippen LogP contribution is 2.22. The molecule has 2 heterocycles. The van der Waals surface area contributed by atoms with Crippen LogP contribution in [0.15, 0.2) is 70.0 Å². The van der Waals surface area contributed by atoms with Gasteiger partial charge in [-0.3, -0.25) is 4.79 Å². The molecule has 0 radical (unpaired) electrons. The van der Waals surface area contributed by atoms with Crippen LogP contribution < -0.4 is 11.2 Å². The molecule has 2 N–H and O–H groups in total. The number of hydrogen-bond acceptors (Lipinski definition) is 5. The number of rotatable bonds is 3. The van der Waals surface area contributed by atoms with Gasteiger partial charge in [-0.2, -0.15) is 0 Å². The maximum Gasteiger partial charge on any atom is 0.193 e. The van der Waals surface area contributed by atoms with Crippen LogP contribution in [0.25, 0.3) is 27.9 Å². The molecule has 0 fully saturated rings. The largest absolute Gasteiger partial charge is 0.459 e. The zero-order valence-electron chi connectivity index (χ0n) is 13.1. The zero-order chi connectivity index (χ0) is 16.5. The van der Waals surface area contributed by atoms with Crippen molar-refractivity contribution in [3.63, 3.8) is 0 Å². The first-order valence-corrected chi connectivity index (χ1v) is 7.49. The molecule has 0 atom stereocenters. The van der Waals surface area contributed by atoms with Gasteiger partial charge in [0.25, 0.3) is 0 Å². The van der Waals surface area contributed by atoms with Crippen molar-refractivity contribution in [3.8, 4) is 16.9 Å². The summed E-state index contributed by atoms with van der Waals surface area (Å²) in [6, 6.07) is 16.5. The van der Waals surface area contributed by atoms with Gasteiger partial charge in [0.15, 0.2) is 5.43 Å². The molecule has 25 heavy (non-hydrogen) atoms. The number of fused-ring (bicyclic) bond motifs is 1. The molecular weight excluding hydrogens is 340 g/mol. The topological polar surface area (TPSA) is 86.9 Å². The monoisotopic (exact) mass is 354 g/mol. The van der Waals surface area contributed by atoms with Gasteiger partial charge in [0.2, 0.25) is 0 Å². The number of para-hydroxylation sites is 1. The molecule has 0 aliphatic carbocycles. The minimum atomic E-state index is -0.117. The lowest BCUT2D eigenvalue weighted by molar-refractivity contribution is 0.539. The second kappa shape index (κ2) is 6.88. The first kappa shape index (κ1) is 16.9. The molecule has 2 aromatic carbocycles. The molecule has 2 aromatic heterocycles. The van der Waals surface area contributed by atoms with E-state index in [9.17, 15) is 4.79 Å². The summed E-state index contributed by atoms with van der Waals surface area (Å²) in [6.45, 7) is 0.193. The van der Waals surface area contributed by atoms with Crippen LogP contribution in [-0.2, 0) is 6.54 Å². The highest BCUT2D eigenvalue weighted by Gasteiger charge is 2.09. The summed E-state index contributed by atoms with van der Waals surface area (Å²) in [5.41, 5.74) is 8.34. The van der Waals surface area contributed by atoms with Gasteiger partial charge in [-0.05, 0) is 30.3 Å². The highest BCUT2D eigenvalue weighted by atomic mass is 35.5. The number of benzene rings is 2. The standard InChI is InChI=1S/C18H14N4O2.ClH/c19-10-14-9-17(23)15-8-12(6-7-18(15)24-14)16-11-22(21-20-16)13-4-2-1-3-5-13;/h1-9,11H,10,19H2;1H. The van der Waals surface area contributed by atoms with Crippen molar-refractivity contribution in [3.05, 3.63) is 76.8 Å². The molecule has 0 aliphatic rings. The van der Waals surface area contributed by atoms with E-state index in [0.29, 0.717) is 22.4 Å². The summed E-state index contributed by atoms with van der Waals surface area (Å²) in [4.78, 5) is 12.2. The van der Waals surface area contributed by atoms with Crippen molar-refractivity contribution in [1.29, 1.82) is 0 Å². The number of nitrogens with two attached hydrogens (primary N) is 1. The van der Waals surface area contributed by atoms with Crippen LogP contribution in [0.4, 0.5) is 0 Å². The molecule has 7 heteroatoms. The van der Waals surface area contributed by atoms with Gasteiger partial charge < -0.3 is 10.2 Å². The fourth-order valence-electron chi connectivity index (χ4n) is 2.57. The van der Waals surface area contributed by atoms with Gasteiger partial charge in [-0.1, -0.05) is 23.4 Å². The van der Waals surface area contributed by atoms with E-state index in [0.717, 1.165) is 11.3 Å². The predicted molar refractivity (Wildman–Crippen MR) is 98.0 cm³/mol. The minimum absolute atomic E-state index is 0. The van der Waals surface area contributed by atoms with Gasteiger partial charge in [0.05, 0.1) is 23.8 Å². The van der Waals surface area contributed by atoms with E-state index in [1.165, 1.54) is 6.07 Å². The van der Waals surface area contributed by atoms with Gasteiger partial charge in [-0.25, -0.2) is 4.68 Å². The van der Waals surface area contributed by atoms with Crippen molar-refractivity contribution < 1.29 is 4.42 Å². The minimum Gasteiger partial charge on any atom is -0.459 e. The van der Waals surface area contributed by atoms with Crippen LogP contribution in [0.1, 0.15) is 5.76 Å². The van der Waals surface area contributed by atoms with Gasteiger partial charge >= 0.3 is 0 Å². The summed E-state index contributed by atoms with van der Waals surface area (Å²) in [5, 5.41) is 8.83. The average molecular weight is 355 g/mol. The lowest BCUT2D eigenvalue weighted by Gasteiger charge is -2.02. The van der Waals surface area contributed by atoms with Crippen LogP contribution in [0, 0.1) is 0 Å². The molecule has 126 valence electrons. The fraction of sp³-hybridized carbons (Fsp3) is 0.0556. The molecule has 4 rings (SSSR count). The van der Waals surface area contributed by atoms with Crippen LogP contribution in [0.3, 0.4) is 0 Å². The maximum atomic E-state index is 12.2. The molecule has 0 spiro atoms. The Morgan fingerprint density at radius 2 is 1.88 bits per heavy atom. The highest BCUT2D eigenvalue weighted by molar-refractivity contribution is 5.85. The molecule has 0 saturated heterocycles. The molecule has 0 aliphatic heterocycles. The van der Waals surface area contributed by atoms with E-state index >= 15 is 0 Å². The van der Waals surface area contributed by atoms with E-state index in [4.69, 9.17) is 10.2 Å². The summed E-state index contributed by atoms with van der Waals surface area (Å²) in [6.07, 6.45) is 1.83. The fourth-order valence-corrected chi connectivity index (χ4v) is 2.57. The second-order valence-electron chi connectivity index (χ2n) is 5.38. The first-order chi connectivity index (χ1) is 11.7. The average Bonchev–Trinajstić information content (AvgIpc) is 3.12. The van der Waals surface area contributed by atoms with Gasteiger partial charge in [-0.15, -0.1) is 17.5 Å². The second-order valence-corrected chi connectivity index (χ2v) is 5.38. The molecule has 0 bridgehead atoms. The third kappa shape index (κ3) is 3.17. The molecule has 0 unspecified atom stereocenters. The van der Waals surface area contributed by atoms with Crippen molar-refractivity contribution >= 4 is 23.4 Å². The Morgan fingerprint density at radius 3 is 2.64 bits per heavy atom. The molecule has 6 nitrogen and oxygen atoms in total. The molecule has 0 saturated carbocycles. The molecule has 4 aromatic rings. The lowest BCUT2D eigenvalue weighted by atomic mass is 10.1. The van der Waals surface area contributed by atoms with Crippen LogP contribution in [0.5, 0.6) is 0 Å². The zero-order valence-corrected chi connectivity index (χ0v) is 13.9. The first-order valence-electron chi connectivity index (χ1n) is 7.49. The van der Waals surface area contributed by atoms with E-state index in [-0.39, 0.29) is 24.4 Å². The normalized spacial score (nSPS) is 10.6. The summed E-state index contributed by atoms with van der Waals surface area (Å²) in [7, 11) is 0. The summed E-state index contributed by atoms with van der Waals surface area (Å²) >= 11 is 0. The van der Waals surface area contributed by atoms with Gasteiger partial charge in [0, 0.05) is 11.6 Å². The molecule has 0 amide bonds. The maximum absolute atomic E-state index is 12.2. The van der Waals surface area contributed by atoms with Gasteiger partial charge in [0.1, 0.15) is 17.0 Å². The number of aromatic nitrogens is 3. The Balaban J connectivity index is 0.00000182. The predicted octanol–water partition coefficient (Wildman–Crippen LogP) is 2.92. The van der Waals surface area contributed by atoms with Crippen LogP contribution in [0.2, 0.25) is 0 Å². The Morgan fingerprint density at radius 1 is 1.08 bits per heavy atom. The molecular formula is C18H15ClN4O2. The third-order valence-corrected chi connectivity index (χ3v) is 3.79. The van der Waals surface area contributed by atoms with Crippen molar-refractivity contribution in [2.45, 2.75) is 6.54 Å². The Kier molecular flexibility index (Phi) is 4.65. The lowest BCUT2D eigenvalue weighted by Crippen LogP contribution is -2.05. The Labute approximate surface area is 149 Å². The third-order valence-electron chi connectivity index (χ3n) is 3.79. The summed E-state index contributed by atoms with van der Waals surface area (Å²) in [5.74, 6) is 0.468. The van der Waals surface area contributed by atoms with Crippen LogP contribution >= 0.6 is 12.4 Å². The number of hydrogen-bond donors (Lipinski definition) is 1. The quantitative estimate of drug-likeness (QED) is 0.611. The Hall–Kier alpha value is -2.96. The number of halogens is 1. The number of nitrogens with zero attached hydrogens (tertiary/aromatic N) is 3. The van der Waals surface area contributed by atoms with E-state index in [1.54, 1.807) is 16.8 Å². The Bertz CT molecular complexity index is 1070. The SMILES string of the molecule is Cl.NCc1cc(=O)c2cc(-c3cn(-c4ccccc4)nn3)ccc2o1. The van der Waals surface area contributed by atoms with Crippen molar-refractivity contribution in [2.75, 3.05) is 0 Å². The van der Waals surface area contributed by atoms with Crippen molar-refractivity contribution in [2.24, 2.45) is 5.73 Å². The van der Waals surface area contributed by atoms with E-state index in [2.05, 4.69) is 10.3 Å². The van der Waals surface area contributed by atoms with Crippen LogP contribution in [-0.4, -0.2) is 15.0 Å². The van der Waals surface area contributed by atoms with Crippen molar-refractivity contribution in [1.82, 2.24) is 15.0 Å². The van der Waals surface area contributed by atoms with E-state index < -0.39 is 0 Å².